The van der Waals surface area contributed by atoms with Gasteiger partial charge in [-0.15, -0.1) is 0 Å². The number of hydrogen-bond donors (Lipinski definition) is 2. The minimum absolute atomic E-state index is 0.281. The molecule has 1 saturated carbocycles. The highest BCUT2D eigenvalue weighted by Crippen LogP contribution is 2.49. The molecule has 0 saturated heterocycles. The normalized spacial score (nSPS) is 18.3. The number of nitrogens with one attached hydrogen (secondary N) is 1. The van der Waals surface area contributed by atoms with Crippen LogP contribution in [0.2, 0.25) is 0 Å². The Morgan fingerprint density at radius 2 is 2.00 bits per heavy atom. The number of nitrogens with zero attached hydrogens (tertiary/aromatic N) is 1. The Kier molecular flexibility index (Phi) is 3.30. The maximum Gasteiger partial charge on any atom is 0.407 e. The van der Waals surface area contributed by atoms with Gasteiger partial charge in [0, 0.05) is 10.7 Å². The van der Waals surface area contributed by atoms with Crippen LogP contribution in [0.15, 0.2) is 21.6 Å². The molecule has 1 fully saturated rings. The van der Waals surface area contributed by atoms with Gasteiger partial charge < -0.3 is 5.73 Å². The van der Waals surface area contributed by atoms with E-state index in [4.69, 9.17) is 5.73 Å². The van der Waals surface area contributed by atoms with Gasteiger partial charge in [0.2, 0.25) is 10.0 Å². The van der Waals surface area contributed by atoms with Crippen molar-refractivity contribution in [2.45, 2.75) is 29.5 Å². The molecule has 0 spiro atoms. The lowest BCUT2D eigenvalue weighted by Crippen LogP contribution is -2.47. The van der Waals surface area contributed by atoms with E-state index in [1.807, 2.05) is 0 Å². The molecule has 1 aromatic heterocycles. The molecule has 0 radical (unpaired) electrons. The van der Waals surface area contributed by atoms with Crippen LogP contribution in [0.5, 0.6) is 0 Å². The summed E-state index contributed by atoms with van der Waals surface area (Å²) in [4.78, 5) is 3.11. The predicted octanol–water partition coefficient (Wildman–Crippen LogP) is 1.80. The zero-order valence-corrected chi connectivity index (χ0v) is 11.7. The van der Waals surface area contributed by atoms with Crippen LogP contribution in [0.4, 0.5) is 19.0 Å². The van der Waals surface area contributed by atoms with Crippen LogP contribution in [0.25, 0.3) is 0 Å². The number of nitrogen functional groups attached to an aromatic ring is 1. The molecule has 1 aromatic rings. The number of rotatable bonds is 3. The Balaban J connectivity index is 2.37. The fourth-order valence-corrected chi connectivity index (χ4v) is 3.56. The van der Waals surface area contributed by atoms with Crippen molar-refractivity contribution in [3.05, 3.63) is 16.7 Å². The summed E-state index contributed by atoms with van der Waals surface area (Å²) in [7, 11) is -4.38. The van der Waals surface area contributed by atoms with E-state index in [9.17, 15) is 21.6 Å². The van der Waals surface area contributed by atoms with Gasteiger partial charge in [-0.2, -0.15) is 17.9 Å². The van der Waals surface area contributed by atoms with Crippen molar-refractivity contribution in [3.63, 3.8) is 0 Å². The fourth-order valence-electron chi connectivity index (χ4n) is 1.53. The first-order chi connectivity index (χ1) is 8.57. The quantitative estimate of drug-likeness (QED) is 0.861. The minimum atomic E-state index is -4.63. The number of anilines is 1. The molecule has 0 unspecified atom stereocenters. The van der Waals surface area contributed by atoms with Gasteiger partial charge in [0.25, 0.3) is 0 Å². The monoisotopic (exact) mass is 359 g/mol. The Labute approximate surface area is 115 Å². The van der Waals surface area contributed by atoms with Gasteiger partial charge in [0.05, 0.1) is 0 Å². The molecule has 2 rings (SSSR count). The van der Waals surface area contributed by atoms with Crippen molar-refractivity contribution < 1.29 is 21.6 Å². The molecular weight excluding hydrogens is 351 g/mol. The first-order valence-corrected chi connectivity index (χ1v) is 7.37. The molecule has 1 heterocycles. The van der Waals surface area contributed by atoms with E-state index >= 15 is 0 Å². The number of nitrogens with two attached hydrogens (primary N) is 1. The van der Waals surface area contributed by atoms with Crippen molar-refractivity contribution in [1.82, 2.24) is 9.71 Å². The number of aromatic nitrogens is 1. The molecule has 0 aliphatic heterocycles. The molecule has 0 amide bonds. The Hall–Kier alpha value is -0.870. The Morgan fingerprint density at radius 3 is 2.47 bits per heavy atom. The molecular formula is C9H9BrF3N3O2S. The smallest absolute Gasteiger partial charge is 0.383 e. The molecule has 1 aliphatic carbocycles. The van der Waals surface area contributed by atoms with Crippen molar-refractivity contribution in [1.29, 1.82) is 0 Å². The number of hydrogen-bond acceptors (Lipinski definition) is 4. The van der Waals surface area contributed by atoms with E-state index in [0.717, 1.165) is 6.07 Å². The second-order valence-corrected chi connectivity index (χ2v) is 6.79. The zero-order valence-electron chi connectivity index (χ0n) is 9.33. The maximum atomic E-state index is 12.7. The third kappa shape index (κ3) is 2.70. The first kappa shape index (κ1) is 14.5. The molecule has 0 atom stereocenters. The maximum absolute atomic E-state index is 12.7. The number of halogens is 4. The summed E-state index contributed by atoms with van der Waals surface area (Å²) in [5.41, 5.74) is 3.02. The number of alkyl halides is 3. The summed E-state index contributed by atoms with van der Waals surface area (Å²) in [5, 5.41) is 0. The summed E-state index contributed by atoms with van der Waals surface area (Å²) >= 11 is 2.99. The van der Waals surface area contributed by atoms with Gasteiger partial charge in [-0.05, 0) is 34.8 Å². The highest BCUT2D eigenvalue weighted by molar-refractivity contribution is 9.10. The molecule has 1 aliphatic rings. The molecule has 19 heavy (non-hydrogen) atoms. The third-order valence-electron chi connectivity index (χ3n) is 2.76. The van der Waals surface area contributed by atoms with Gasteiger partial charge >= 0.3 is 6.18 Å². The molecule has 106 valence electrons. The summed E-state index contributed by atoms with van der Waals surface area (Å²) < 4.78 is 64.1. The fraction of sp³-hybridized carbons (Fsp3) is 0.444. The Morgan fingerprint density at radius 1 is 1.42 bits per heavy atom. The first-order valence-electron chi connectivity index (χ1n) is 5.09. The lowest BCUT2D eigenvalue weighted by atomic mass is 10.3. The Bertz CT molecular complexity index is 614. The van der Waals surface area contributed by atoms with E-state index in [-0.39, 0.29) is 18.7 Å². The lowest BCUT2D eigenvalue weighted by molar-refractivity contribution is -0.160. The van der Waals surface area contributed by atoms with Crippen LogP contribution in [0.1, 0.15) is 12.8 Å². The summed E-state index contributed by atoms with van der Waals surface area (Å²) in [6.45, 7) is 0. The average molecular weight is 360 g/mol. The van der Waals surface area contributed by atoms with Crippen LogP contribution in [0, 0.1) is 0 Å². The van der Waals surface area contributed by atoms with Crippen LogP contribution in [-0.2, 0) is 10.0 Å². The van der Waals surface area contributed by atoms with E-state index < -0.39 is 26.6 Å². The third-order valence-corrected chi connectivity index (χ3v) is 4.76. The molecule has 0 aromatic carbocycles. The highest BCUT2D eigenvalue weighted by atomic mass is 79.9. The summed E-state index contributed by atoms with van der Waals surface area (Å²) in [5.74, 6) is -0.353. The largest absolute Gasteiger partial charge is 0.407 e. The second kappa shape index (κ2) is 4.32. The van der Waals surface area contributed by atoms with Crippen LogP contribution in [0.3, 0.4) is 0 Å². The van der Waals surface area contributed by atoms with Gasteiger partial charge in [-0.3, -0.25) is 0 Å². The molecule has 5 nitrogen and oxygen atoms in total. The van der Waals surface area contributed by atoms with Crippen LogP contribution in [-0.4, -0.2) is 25.1 Å². The van der Waals surface area contributed by atoms with Gasteiger partial charge in [-0.25, -0.2) is 13.4 Å². The van der Waals surface area contributed by atoms with Gasteiger partial charge in [0.1, 0.15) is 16.3 Å². The van der Waals surface area contributed by atoms with Crippen molar-refractivity contribution in [2.24, 2.45) is 0 Å². The van der Waals surface area contributed by atoms with E-state index in [0.29, 0.717) is 4.47 Å². The lowest BCUT2D eigenvalue weighted by Gasteiger charge is -2.20. The van der Waals surface area contributed by atoms with Gasteiger partial charge in [0.15, 0.2) is 0 Å². The second-order valence-electron chi connectivity index (χ2n) is 4.22. The van der Waals surface area contributed by atoms with Gasteiger partial charge in [-0.1, -0.05) is 0 Å². The SMILES string of the molecule is Nc1ncc(Br)cc1S(=O)(=O)NC1(C(F)(F)F)CC1. The average Bonchev–Trinajstić information content (AvgIpc) is 3.01. The number of pyridine rings is 1. The molecule has 10 heteroatoms. The topological polar surface area (TPSA) is 85.1 Å². The molecule has 3 N–H and O–H groups in total. The molecule has 0 bridgehead atoms. The van der Waals surface area contributed by atoms with E-state index in [1.54, 1.807) is 4.72 Å². The summed E-state index contributed by atoms with van der Waals surface area (Å²) in [6.07, 6.45) is -3.94. The zero-order chi connectivity index (χ0) is 14.5. The van der Waals surface area contributed by atoms with Crippen LogP contribution >= 0.6 is 15.9 Å². The highest BCUT2D eigenvalue weighted by Gasteiger charge is 2.65. The van der Waals surface area contributed by atoms with Crippen molar-refractivity contribution >= 4 is 31.8 Å². The minimum Gasteiger partial charge on any atom is -0.383 e. The van der Waals surface area contributed by atoms with E-state index in [1.165, 1.54) is 6.20 Å². The standard InChI is InChI=1S/C9H9BrF3N3O2S/c10-5-3-6(7(14)15-4-5)19(17,18)16-8(1-2-8)9(11,12)13/h3-4,16H,1-2H2,(H2,14,15). The predicted molar refractivity (Wildman–Crippen MR) is 64.7 cm³/mol. The van der Waals surface area contributed by atoms with Crippen LogP contribution < -0.4 is 10.5 Å². The van der Waals surface area contributed by atoms with Crippen molar-refractivity contribution in [3.8, 4) is 0 Å². The number of sulfonamides is 1. The summed E-state index contributed by atoms with van der Waals surface area (Å²) in [6, 6.07) is 1.11. The van der Waals surface area contributed by atoms with Crippen molar-refractivity contribution in [2.75, 3.05) is 5.73 Å². The van der Waals surface area contributed by atoms with E-state index in [2.05, 4.69) is 20.9 Å².